The standard InChI is InChI=1S/C11H14N4O2/c1-2-5-15-8-9(13-14-15)7-12-11(16)10-4-3-6-17-10/h3-4,6,8H,2,5,7H2,1H3,(H,12,16). The predicted octanol–water partition coefficient (Wildman–Crippen LogP) is 1.21. The van der Waals surface area contributed by atoms with E-state index in [2.05, 4.69) is 22.6 Å². The van der Waals surface area contributed by atoms with Crippen LogP contribution in [0.5, 0.6) is 0 Å². The third-order valence-corrected chi connectivity index (χ3v) is 2.21. The van der Waals surface area contributed by atoms with Crippen LogP contribution in [-0.4, -0.2) is 20.9 Å². The Hall–Kier alpha value is -2.11. The summed E-state index contributed by atoms with van der Waals surface area (Å²) >= 11 is 0. The van der Waals surface area contributed by atoms with E-state index in [4.69, 9.17) is 4.42 Å². The zero-order chi connectivity index (χ0) is 12.1. The zero-order valence-electron chi connectivity index (χ0n) is 9.59. The number of nitrogens with zero attached hydrogens (tertiary/aromatic N) is 3. The van der Waals surface area contributed by atoms with Crippen LogP contribution in [0.15, 0.2) is 29.0 Å². The molecule has 0 unspecified atom stereocenters. The third kappa shape index (κ3) is 2.93. The van der Waals surface area contributed by atoms with Crippen molar-refractivity contribution in [3.05, 3.63) is 36.0 Å². The molecule has 90 valence electrons. The monoisotopic (exact) mass is 234 g/mol. The van der Waals surface area contributed by atoms with Gasteiger partial charge < -0.3 is 9.73 Å². The summed E-state index contributed by atoms with van der Waals surface area (Å²) in [4.78, 5) is 11.6. The van der Waals surface area contributed by atoms with Gasteiger partial charge in [0.05, 0.1) is 19.0 Å². The minimum Gasteiger partial charge on any atom is -0.459 e. The van der Waals surface area contributed by atoms with E-state index in [0.29, 0.717) is 12.3 Å². The number of aryl methyl sites for hydroxylation is 1. The Morgan fingerprint density at radius 2 is 2.47 bits per heavy atom. The third-order valence-electron chi connectivity index (χ3n) is 2.21. The van der Waals surface area contributed by atoms with Crippen LogP contribution in [0.1, 0.15) is 29.6 Å². The lowest BCUT2D eigenvalue weighted by Gasteiger charge is -1.98. The molecule has 6 nitrogen and oxygen atoms in total. The van der Waals surface area contributed by atoms with Crippen LogP contribution in [0.3, 0.4) is 0 Å². The van der Waals surface area contributed by atoms with Crippen molar-refractivity contribution < 1.29 is 9.21 Å². The zero-order valence-corrected chi connectivity index (χ0v) is 9.59. The number of nitrogens with one attached hydrogen (secondary N) is 1. The van der Waals surface area contributed by atoms with E-state index in [0.717, 1.165) is 18.7 Å². The van der Waals surface area contributed by atoms with Gasteiger partial charge in [-0.25, -0.2) is 0 Å². The van der Waals surface area contributed by atoms with Gasteiger partial charge in [-0.1, -0.05) is 12.1 Å². The van der Waals surface area contributed by atoms with Gasteiger partial charge in [-0.3, -0.25) is 9.48 Å². The van der Waals surface area contributed by atoms with Crippen LogP contribution >= 0.6 is 0 Å². The number of furan rings is 1. The number of carbonyl (C=O) groups is 1. The molecule has 1 N–H and O–H groups in total. The fourth-order valence-corrected chi connectivity index (χ4v) is 1.42. The highest BCUT2D eigenvalue weighted by Gasteiger charge is 2.08. The summed E-state index contributed by atoms with van der Waals surface area (Å²) in [5.41, 5.74) is 0.735. The van der Waals surface area contributed by atoms with Crippen molar-refractivity contribution >= 4 is 5.91 Å². The molecule has 6 heteroatoms. The summed E-state index contributed by atoms with van der Waals surface area (Å²) in [6.45, 7) is 3.25. The first-order valence-electron chi connectivity index (χ1n) is 5.50. The summed E-state index contributed by atoms with van der Waals surface area (Å²) < 4.78 is 6.73. The molecule has 2 rings (SSSR count). The Labute approximate surface area is 98.6 Å². The van der Waals surface area contributed by atoms with Crippen molar-refractivity contribution in [1.82, 2.24) is 20.3 Å². The normalized spacial score (nSPS) is 10.4. The van der Waals surface area contributed by atoms with Gasteiger partial charge in [-0.2, -0.15) is 0 Å². The highest BCUT2D eigenvalue weighted by atomic mass is 16.3. The first kappa shape index (κ1) is 11.4. The van der Waals surface area contributed by atoms with Gasteiger partial charge in [0.25, 0.3) is 5.91 Å². The molecule has 0 aliphatic rings. The SMILES string of the molecule is CCCn1cc(CNC(=O)c2ccco2)nn1. The summed E-state index contributed by atoms with van der Waals surface area (Å²) in [5.74, 6) is 0.0472. The maximum Gasteiger partial charge on any atom is 0.287 e. The summed E-state index contributed by atoms with van der Waals surface area (Å²) in [5, 5.41) is 10.6. The first-order valence-corrected chi connectivity index (χ1v) is 5.50. The smallest absolute Gasteiger partial charge is 0.287 e. The van der Waals surface area contributed by atoms with Gasteiger partial charge in [0.1, 0.15) is 5.69 Å². The van der Waals surface area contributed by atoms with Crippen molar-refractivity contribution in [2.75, 3.05) is 0 Å². The van der Waals surface area contributed by atoms with E-state index in [1.54, 1.807) is 16.8 Å². The van der Waals surface area contributed by atoms with E-state index in [-0.39, 0.29) is 5.91 Å². The maximum absolute atomic E-state index is 11.6. The van der Waals surface area contributed by atoms with Crippen molar-refractivity contribution in [2.24, 2.45) is 0 Å². The van der Waals surface area contributed by atoms with Crippen LogP contribution in [0, 0.1) is 0 Å². The van der Waals surface area contributed by atoms with Crippen molar-refractivity contribution in [2.45, 2.75) is 26.4 Å². The molecule has 0 aliphatic heterocycles. The van der Waals surface area contributed by atoms with Crippen molar-refractivity contribution in [3.63, 3.8) is 0 Å². The fourth-order valence-electron chi connectivity index (χ4n) is 1.42. The average molecular weight is 234 g/mol. The van der Waals surface area contributed by atoms with Crippen molar-refractivity contribution in [3.8, 4) is 0 Å². The lowest BCUT2D eigenvalue weighted by Crippen LogP contribution is -2.22. The summed E-state index contributed by atoms with van der Waals surface area (Å²) in [6.07, 6.45) is 4.29. The second-order valence-corrected chi connectivity index (χ2v) is 3.63. The minimum absolute atomic E-state index is 0.250. The number of hydrogen-bond donors (Lipinski definition) is 1. The Balaban J connectivity index is 1.87. The van der Waals surface area contributed by atoms with Crippen LogP contribution in [0.2, 0.25) is 0 Å². The van der Waals surface area contributed by atoms with Gasteiger partial charge in [0, 0.05) is 6.54 Å². The highest BCUT2D eigenvalue weighted by Crippen LogP contribution is 2.00. The number of aromatic nitrogens is 3. The largest absolute Gasteiger partial charge is 0.459 e. The molecular formula is C11H14N4O2. The number of carbonyl (C=O) groups excluding carboxylic acids is 1. The molecule has 0 radical (unpaired) electrons. The molecule has 0 saturated heterocycles. The molecular weight excluding hydrogens is 220 g/mol. The quantitative estimate of drug-likeness (QED) is 0.844. The molecule has 0 bridgehead atoms. The van der Waals surface area contributed by atoms with E-state index in [1.165, 1.54) is 6.26 Å². The molecule has 0 atom stereocenters. The van der Waals surface area contributed by atoms with Gasteiger partial charge in [0.2, 0.25) is 0 Å². The summed E-state index contributed by atoms with van der Waals surface area (Å²) in [7, 11) is 0. The van der Waals surface area contributed by atoms with Gasteiger partial charge >= 0.3 is 0 Å². The number of amides is 1. The molecule has 17 heavy (non-hydrogen) atoms. The topological polar surface area (TPSA) is 73.0 Å². The molecule has 2 heterocycles. The molecule has 0 fully saturated rings. The number of rotatable bonds is 5. The highest BCUT2D eigenvalue weighted by molar-refractivity contribution is 5.91. The lowest BCUT2D eigenvalue weighted by molar-refractivity contribution is 0.0922. The fraction of sp³-hybridized carbons (Fsp3) is 0.364. The van der Waals surface area contributed by atoms with Gasteiger partial charge in [0.15, 0.2) is 5.76 Å². The van der Waals surface area contributed by atoms with E-state index >= 15 is 0 Å². The maximum atomic E-state index is 11.6. The first-order chi connectivity index (χ1) is 8.29. The number of hydrogen-bond acceptors (Lipinski definition) is 4. The average Bonchev–Trinajstić information content (AvgIpc) is 2.97. The Morgan fingerprint density at radius 1 is 1.59 bits per heavy atom. The van der Waals surface area contributed by atoms with Crippen LogP contribution < -0.4 is 5.32 Å². The van der Waals surface area contributed by atoms with Gasteiger partial charge in [-0.15, -0.1) is 5.10 Å². The van der Waals surface area contributed by atoms with Crippen LogP contribution in [0.25, 0.3) is 0 Å². The van der Waals surface area contributed by atoms with E-state index in [1.807, 2.05) is 6.20 Å². The van der Waals surface area contributed by atoms with Gasteiger partial charge in [-0.05, 0) is 18.6 Å². The second kappa shape index (κ2) is 5.29. The predicted molar refractivity (Wildman–Crippen MR) is 60.2 cm³/mol. The second-order valence-electron chi connectivity index (χ2n) is 3.63. The van der Waals surface area contributed by atoms with Crippen molar-refractivity contribution in [1.29, 1.82) is 0 Å². The summed E-state index contributed by atoms with van der Waals surface area (Å²) in [6, 6.07) is 3.29. The molecule has 0 aromatic carbocycles. The van der Waals surface area contributed by atoms with E-state index < -0.39 is 0 Å². The molecule has 0 aliphatic carbocycles. The molecule has 2 aromatic rings. The van der Waals surface area contributed by atoms with Crippen LogP contribution in [0.4, 0.5) is 0 Å². The molecule has 1 amide bonds. The molecule has 2 aromatic heterocycles. The molecule has 0 saturated carbocycles. The Morgan fingerprint density at radius 3 is 3.18 bits per heavy atom. The van der Waals surface area contributed by atoms with Crippen LogP contribution in [-0.2, 0) is 13.1 Å². The Bertz CT molecular complexity index is 475. The molecule has 0 spiro atoms. The van der Waals surface area contributed by atoms with E-state index in [9.17, 15) is 4.79 Å². The lowest BCUT2D eigenvalue weighted by atomic mass is 10.4. The minimum atomic E-state index is -0.250. The Kier molecular flexibility index (Phi) is 3.54.